The molecule has 0 amide bonds. The number of benzene rings is 7. The van der Waals surface area contributed by atoms with Gasteiger partial charge >= 0.3 is 0 Å². The van der Waals surface area contributed by atoms with E-state index in [0.29, 0.717) is 23.9 Å². The third kappa shape index (κ3) is 5.66. The zero-order valence-electron chi connectivity index (χ0n) is 30.7. The largest absolute Gasteiger partial charge is 0.456 e. The van der Waals surface area contributed by atoms with E-state index in [9.17, 15) is 0 Å². The molecular weight excluding hydrogens is 699 g/mol. The number of hydrogen-bond acceptors (Lipinski definition) is 5. The summed E-state index contributed by atoms with van der Waals surface area (Å²) in [6.07, 6.45) is 2.42. The van der Waals surface area contributed by atoms with Gasteiger partial charge in [-0.05, 0) is 47.0 Å². The molecule has 0 saturated heterocycles. The molecule has 11 rings (SSSR count). The van der Waals surface area contributed by atoms with E-state index in [4.69, 9.17) is 24.4 Å². The minimum Gasteiger partial charge on any atom is -0.456 e. The van der Waals surface area contributed by atoms with Crippen LogP contribution in [0.5, 0.6) is 0 Å². The first-order valence-corrected chi connectivity index (χ1v) is 19.1. The minimum atomic E-state index is 0.413. The van der Waals surface area contributed by atoms with Gasteiger partial charge in [0, 0.05) is 56.4 Å². The summed E-state index contributed by atoms with van der Waals surface area (Å²) in [4.78, 5) is 20.6. The van der Waals surface area contributed by atoms with Crippen molar-refractivity contribution >= 4 is 43.7 Å². The molecule has 6 nitrogen and oxygen atoms in total. The van der Waals surface area contributed by atoms with Crippen molar-refractivity contribution in [3.63, 3.8) is 0 Å². The first kappa shape index (κ1) is 32.7. The molecule has 0 fully saturated rings. The van der Waals surface area contributed by atoms with Crippen molar-refractivity contribution in [3.05, 3.63) is 200 Å². The maximum atomic E-state index is 6.39. The monoisotopic (exact) mass is 731 g/mol. The van der Waals surface area contributed by atoms with Crippen LogP contribution < -0.4 is 0 Å². The van der Waals surface area contributed by atoms with Gasteiger partial charge in [-0.1, -0.05) is 152 Å². The molecule has 0 aliphatic carbocycles. The highest BCUT2D eigenvalue weighted by molar-refractivity contribution is 6.27. The second-order valence-electron chi connectivity index (χ2n) is 14.2. The molecule has 0 unspecified atom stereocenters. The molecular formula is C51H33N5O. The fourth-order valence-electron chi connectivity index (χ4n) is 8.19. The summed E-state index contributed by atoms with van der Waals surface area (Å²) in [5.41, 5.74) is 11.1. The molecule has 4 heterocycles. The molecule has 0 N–H and O–H groups in total. The number of nitrogens with zero attached hydrogens (tertiary/aromatic N) is 5. The fourth-order valence-corrected chi connectivity index (χ4v) is 8.19. The Kier molecular flexibility index (Phi) is 7.78. The molecule has 0 aliphatic rings. The maximum Gasteiger partial charge on any atom is 0.163 e. The number of pyridine rings is 1. The Morgan fingerprint density at radius 1 is 0.439 bits per heavy atom. The van der Waals surface area contributed by atoms with Gasteiger partial charge in [-0.15, -0.1) is 0 Å². The summed E-state index contributed by atoms with van der Waals surface area (Å²) in [5, 5.41) is 4.46. The number of hydrogen-bond donors (Lipinski definition) is 0. The third-order valence-electron chi connectivity index (χ3n) is 10.7. The Morgan fingerprint density at radius 3 is 1.72 bits per heavy atom. The minimum absolute atomic E-state index is 0.413. The maximum absolute atomic E-state index is 6.39. The standard InChI is InChI=1S/C51H33N5O/c1-4-16-33(17-5-1)38-22-10-11-23-39(38)37-30-36(31-46-53-49(34-18-6-2-7-19-34)55-50(54-46)35-20-8-3-9-21-35)51(52-32-37)56-42-26-14-12-24-40(42)47-43(56)28-29-45-48(47)41-25-13-15-27-44(41)57-45/h1-30,32H,31H2. The van der Waals surface area contributed by atoms with Crippen molar-refractivity contribution in [2.75, 3.05) is 0 Å². The molecule has 11 aromatic rings. The van der Waals surface area contributed by atoms with E-state index in [1.807, 2.05) is 79.0 Å². The quantitative estimate of drug-likeness (QED) is 0.163. The average Bonchev–Trinajstić information content (AvgIpc) is 3.83. The second kappa shape index (κ2) is 13.6. The molecule has 0 saturated carbocycles. The van der Waals surface area contributed by atoms with Crippen LogP contribution in [-0.2, 0) is 6.42 Å². The van der Waals surface area contributed by atoms with Crippen LogP contribution in [0.2, 0.25) is 0 Å². The van der Waals surface area contributed by atoms with Gasteiger partial charge in [0.05, 0.1) is 11.0 Å². The first-order chi connectivity index (χ1) is 28.3. The molecule has 0 radical (unpaired) electrons. The molecule has 6 heteroatoms. The number of fused-ring (bicyclic) bond motifs is 7. The number of rotatable bonds is 7. The van der Waals surface area contributed by atoms with E-state index < -0.39 is 0 Å². The fraction of sp³-hybridized carbons (Fsp3) is 0.0196. The van der Waals surface area contributed by atoms with Gasteiger partial charge in [0.1, 0.15) is 22.8 Å². The summed E-state index contributed by atoms with van der Waals surface area (Å²) in [5.74, 6) is 2.73. The lowest BCUT2D eigenvalue weighted by Gasteiger charge is -2.16. The van der Waals surface area contributed by atoms with Crippen molar-refractivity contribution < 1.29 is 4.42 Å². The van der Waals surface area contributed by atoms with Gasteiger partial charge in [-0.2, -0.15) is 0 Å². The lowest BCUT2D eigenvalue weighted by molar-refractivity contribution is 0.669. The van der Waals surface area contributed by atoms with E-state index in [1.54, 1.807) is 0 Å². The zero-order chi connectivity index (χ0) is 37.7. The van der Waals surface area contributed by atoms with Crippen LogP contribution in [0.3, 0.4) is 0 Å². The molecule has 0 atom stereocenters. The lowest BCUT2D eigenvalue weighted by Crippen LogP contribution is -2.08. The van der Waals surface area contributed by atoms with Crippen molar-refractivity contribution in [2.45, 2.75) is 6.42 Å². The number of furan rings is 1. The van der Waals surface area contributed by atoms with Crippen molar-refractivity contribution in [1.29, 1.82) is 0 Å². The number of para-hydroxylation sites is 2. The van der Waals surface area contributed by atoms with Gasteiger partial charge in [-0.3, -0.25) is 4.57 Å². The lowest BCUT2D eigenvalue weighted by atomic mass is 9.94. The third-order valence-corrected chi connectivity index (χ3v) is 10.7. The van der Waals surface area contributed by atoms with Crippen LogP contribution >= 0.6 is 0 Å². The Morgan fingerprint density at radius 2 is 1.02 bits per heavy atom. The van der Waals surface area contributed by atoms with Crippen molar-refractivity contribution in [1.82, 2.24) is 24.5 Å². The Labute approximate surface area is 328 Å². The van der Waals surface area contributed by atoms with Crippen LogP contribution in [0.4, 0.5) is 0 Å². The van der Waals surface area contributed by atoms with Gasteiger partial charge in [0.25, 0.3) is 0 Å². The Bertz CT molecular complexity index is 3200. The topological polar surface area (TPSA) is 69.6 Å². The van der Waals surface area contributed by atoms with E-state index in [0.717, 1.165) is 88.5 Å². The van der Waals surface area contributed by atoms with Gasteiger partial charge in [0.15, 0.2) is 11.6 Å². The van der Waals surface area contributed by atoms with E-state index in [1.165, 1.54) is 0 Å². The van der Waals surface area contributed by atoms with Crippen LogP contribution in [0, 0.1) is 0 Å². The smallest absolute Gasteiger partial charge is 0.163 e. The Balaban J connectivity index is 1.18. The van der Waals surface area contributed by atoms with Crippen LogP contribution in [0.25, 0.3) is 94.6 Å². The molecule has 57 heavy (non-hydrogen) atoms. The summed E-state index contributed by atoms with van der Waals surface area (Å²) >= 11 is 0. The van der Waals surface area contributed by atoms with E-state index in [2.05, 4.69) is 114 Å². The summed E-state index contributed by atoms with van der Waals surface area (Å²) in [6, 6.07) is 62.6. The average molecular weight is 732 g/mol. The molecule has 4 aromatic heterocycles. The highest BCUT2D eigenvalue weighted by Gasteiger charge is 2.22. The number of aromatic nitrogens is 5. The predicted octanol–water partition coefficient (Wildman–Crippen LogP) is 12.5. The van der Waals surface area contributed by atoms with E-state index in [-0.39, 0.29) is 0 Å². The van der Waals surface area contributed by atoms with Gasteiger partial charge in [0.2, 0.25) is 0 Å². The SMILES string of the molecule is c1ccc(-c2nc(Cc3cc(-c4ccccc4-c4ccccc4)cnc3-n3c4ccccc4c4c5c(ccc43)oc3ccccc35)nc(-c3ccccc3)n2)cc1. The van der Waals surface area contributed by atoms with Crippen LogP contribution in [-0.4, -0.2) is 24.5 Å². The highest BCUT2D eigenvalue weighted by Crippen LogP contribution is 2.42. The van der Waals surface area contributed by atoms with Crippen molar-refractivity contribution in [3.8, 4) is 50.8 Å². The van der Waals surface area contributed by atoms with Gasteiger partial charge < -0.3 is 4.42 Å². The first-order valence-electron chi connectivity index (χ1n) is 19.1. The molecule has 0 aliphatic heterocycles. The molecule has 7 aromatic carbocycles. The molecule has 0 bridgehead atoms. The van der Waals surface area contributed by atoms with Crippen LogP contribution in [0.1, 0.15) is 11.4 Å². The highest BCUT2D eigenvalue weighted by atomic mass is 16.3. The summed E-state index contributed by atoms with van der Waals surface area (Å²) in [6.45, 7) is 0. The predicted molar refractivity (Wildman–Crippen MR) is 230 cm³/mol. The van der Waals surface area contributed by atoms with E-state index >= 15 is 0 Å². The van der Waals surface area contributed by atoms with Gasteiger partial charge in [-0.25, -0.2) is 19.9 Å². The Hall–Kier alpha value is -7.70. The second-order valence-corrected chi connectivity index (χ2v) is 14.2. The molecule has 0 spiro atoms. The normalized spacial score (nSPS) is 11.6. The van der Waals surface area contributed by atoms with Crippen molar-refractivity contribution in [2.24, 2.45) is 0 Å². The van der Waals surface area contributed by atoms with Crippen LogP contribution in [0.15, 0.2) is 193 Å². The molecule has 268 valence electrons. The summed E-state index contributed by atoms with van der Waals surface area (Å²) in [7, 11) is 0. The summed E-state index contributed by atoms with van der Waals surface area (Å²) < 4.78 is 8.68. The zero-order valence-corrected chi connectivity index (χ0v) is 30.7.